The van der Waals surface area contributed by atoms with Crippen LogP contribution >= 0.6 is 0 Å². The number of aromatic nitrogens is 3. The van der Waals surface area contributed by atoms with Gasteiger partial charge in [0.1, 0.15) is 0 Å². The summed E-state index contributed by atoms with van der Waals surface area (Å²) < 4.78 is 5.87. The number of H-pyrrole nitrogens is 1. The van der Waals surface area contributed by atoms with E-state index in [9.17, 15) is 9.59 Å². The summed E-state index contributed by atoms with van der Waals surface area (Å²) >= 11 is 0. The number of nitrogens with one attached hydrogen (secondary N) is 2. The smallest absolute Gasteiger partial charge is 0.269 e. The van der Waals surface area contributed by atoms with Crippen molar-refractivity contribution in [3.05, 3.63) is 52.2 Å². The van der Waals surface area contributed by atoms with Crippen molar-refractivity contribution in [3.63, 3.8) is 0 Å². The van der Waals surface area contributed by atoms with Crippen LogP contribution in [0.25, 0.3) is 0 Å². The van der Waals surface area contributed by atoms with Crippen LogP contribution in [0.1, 0.15) is 56.2 Å². The van der Waals surface area contributed by atoms with Crippen molar-refractivity contribution in [2.45, 2.75) is 70.4 Å². The topological polar surface area (TPSA) is 100 Å². The summed E-state index contributed by atoms with van der Waals surface area (Å²) in [5.74, 6) is 0.728. The molecule has 0 spiro atoms. The molecule has 8 nitrogen and oxygen atoms in total. The van der Waals surface area contributed by atoms with Gasteiger partial charge in [-0.15, -0.1) is 0 Å². The molecule has 33 heavy (non-hydrogen) atoms. The maximum absolute atomic E-state index is 12.4. The highest BCUT2D eigenvalue weighted by atomic mass is 16.5. The van der Waals surface area contributed by atoms with Gasteiger partial charge in [-0.05, 0) is 69.9 Å². The normalized spacial score (nSPS) is 22.9. The average Bonchev–Trinajstić information content (AvgIpc) is 3.29. The summed E-state index contributed by atoms with van der Waals surface area (Å²) in [6.45, 7) is 3.68. The number of rotatable bonds is 9. The molecule has 1 amide bonds. The van der Waals surface area contributed by atoms with Crippen molar-refractivity contribution < 1.29 is 9.53 Å². The Bertz CT molecular complexity index is 956. The Balaban J connectivity index is 1.13. The minimum Gasteiger partial charge on any atom is -0.379 e. The van der Waals surface area contributed by atoms with Gasteiger partial charge in [-0.25, -0.2) is 5.10 Å². The number of carbonyl (C=O) groups is 1. The minimum absolute atomic E-state index is 0.0705. The summed E-state index contributed by atoms with van der Waals surface area (Å²) in [5, 5.41) is 9.62. The van der Waals surface area contributed by atoms with Crippen molar-refractivity contribution in [3.8, 4) is 0 Å². The van der Waals surface area contributed by atoms with Crippen LogP contribution in [0.5, 0.6) is 0 Å². The van der Waals surface area contributed by atoms with Gasteiger partial charge in [0.25, 0.3) is 5.56 Å². The van der Waals surface area contributed by atoms with E-state index in [-0.39, 0.29) is 23.6 Å². The third-order valence-corrected chi connectivity index (χ3v) is 6.98. The fraction of sp³-hybridized carbons (Fsp3) is 0.600. The lowest BCUT2D eigenvalue weighted by atomic mass is 9.83. The molecule has 2 aromatic rings. The standard InChI is InChI=1S/C25H35N5O3/c1-18-23(16-27-29-25(18)32)30-13-4-6-22(30)17-33-14-11-24(31)28-20-9-7-19(8-10-20)15-21-5-2-3-12-26-21/h2-3,5,12,16,19-20,22H,4,6-11,13-15,17H2,1H3,(H,28,31)(H,29,32)/t19?,20?,22-/m0/s1. The lowest BCUT2D eigenvalue weighted by Crippen LogP contribution is -2.38. The fourth-order valence-electron chi connectivity index (χ4n) is 5.07. The molecule has 0 aromatic carbocycles. The Morgan fingerprint density at radius 2 is 2.09 bits per heavy atom. The van der Waals surface area contributed by atoms with Crippen LogP contribution in [-0.4, -0.2) is 52.9 Å². The molecule has 178 valence electrons. The van der Waals surface area contributed by atoms with Crippen LogP contribution in [0.3, 0.4) is 0 Å². The van der Waals surface area contributed by atoms with Gasteiger partial charge < -0.3 is 15.0 Å². The molecule has 3 heterocycles. The average molecular weight is 454 g/mol. The van der Waals surface area contributed by atoms with Crippen LogP contribution in [0.4, 0.5) is 5.69 Å². The van der Waals surface area contributed by atoms with Gasteiger partial charge in [-0.2, -0.15) is 5.10 Å². The van der Waals surface area contributed by atoms with Crippen molar-refractivity contribution in [2.75, 3.05) is 24.7 Å². The highest BCUT2D eigenvalue weighted by Crippen LogP contribution is 2.27. The number of aromatic amines is 1. The van der Waals surface area contributed by atoms with E-state index in [0.29, 0.717) is 31.1 Å². The first-order chi connectivity index (χ1) is 16.1. The van der Waals surface area contributed by atoms with E-state index in [2.05, 4.69) is 31.5 Å². The molecule has 1 saturated carbocycles. The van der Waals surface area contributed by atoms with Gasteiger partial charge in [-0.3, -0.25) is 14.6 Å². The third kappa shape index (κ3) is 6.41. The fourth-order valence-corrected chi connectivity index (χ4v) is 5.07. The number of hydrogen-bond donors (Lipinski definition) is 2. The Labute approximate surface area is 195 Å². The molecule has 1 saturated heterocycles. The van der Waals surface area contributed by atoms with Crippen molar-refractivity contribution >= 4 is 11.6 Å². The number of hydrogen-bond acceptors (Lipinski definition) is 6. The number of pyridine rings is 1. The van der Waals surface area contributed by atoms with Gasteiger partial charge in [0, 0.05) is 36.5 Å². The minimum atomic E-state index is -0.151. The molecule has 8 heteroatoms. The van der Waals surface area contributed by atoms with Gasteiger partial charge in [0.15, 0.2) is 0 Å². The Morgan fingerprint density at radius 1 is 1.24 bits per heavy atom. The summed E-state index contributed by atoms with van der Waals surface area (Å²) in [7, 11) is 0. The van der Waals surface area contributed by atoms with E-state index in [1.54, 1.807) is 6.20 Å². The Hall–Kier alpha value is -2.74. The van der Waals surface area contributed by atoms with E-state index < -0.39 is 0 Å². The molecule has 0 bridgehead atoms. The molecule has 1 atom stereocenters. The number of carbonyl (C=O) groups excluding carboxylic acids is 1. The Morgan fingerprint density at radius 3 is 2.88 bits per heavy atom. The molecule has 1 aliphatic carbocycles. The number of nitrogens with zero attached hydrogens (tertiary/aromatic N) is 3. The third-order valence-electron chi connectivity index (χ3n) is 6.98. The molecule has 2 aliphatic rings. The summed E-state index contributed by atoms with van der Waals surface area (Å²) in [4.78, 5) is 30.9. The molecule has 2 fully saturated rings. The highest BCUT2D eigenvalue weighted by molar-refractivity contribution is 5.76. The summed E-state index contributed by atoms with van der Waals surface area (Å²) in [6, 6.07) is 6.57. The lowest BCUT2D eigenvalue weighted by Gasteiger charge is -2.29. The maximum Gasteiger partial charge on any atom is 0.269 e. The van der Waals surface area contributed by atoms with Crippen LogP contribution in [0.2, 0.25) is 0 Å². The van der Waals surface area contributed by atoms with E-state index in [4.69, 9.17) is 4.74 Å². The van der Waals surface area contributed by atoms with Crippen molar-refractivity contribution in [1.29, 1.82) is 0 Å². The van der Waals surface area contributed by atoms with Crippen molar-refractivity contribution in [2.24, 2.45) is 5.92 Å². The zero-order chi connectivity index (χ0) is 23.0. The van der Waals surface area contributed by atoms with Gasteiger partial charge >= 0.3 is 0 Å². The molecule has 1 aliphatic heterocycles. The molecular formula is C25H35N5O3. The quantitative estimate of drug-likeness (QED) is 0.567. The SMILES string of the molecule is Cc1c(N2CCC[C@H]2COCCC(=O)NC2CCC(Cc3ccccn3)CC2)cn[nH]c1=O. The van der Waals surface area contributed by atoms with Crippen LogP contribution in [-0.2, 0) is 16.0 Å². The lowest BCUT2D eigenvalue weighted by molar-refractivity contribution is -0.123. The highest BCUT2D eigenvalue weighted by Gasteiger charge is 2.27. The predicted octanol–water partition coefficient (Wildman–Crippen LogP) is 2.77. The van der Waals surface area contributed by atoms with Crippen LogP contribution < -0.4 is 15.8 Å². The summed E-state index contributed by atoms with van der Waals surface area (Å²) in [5.41, 5.74) is 2.57. The molecular weight excluding hydrogens is 418 g/mol. The van der Waals surface area contributed by atoms with E-state index in [1.807, 2.05) is 25.3 Å². The van der Waals surface area contributed by atoms with E-state index in [0.717, 1.165) is 62.9 Å². The summed E-state index contributed by atoms with van der Waals surface area (Å²) in [6.07, 6.45) is 11.4. The zero-order valence-electron chi connectivity index (χ0n) is 19.5. The Kier molecular flexibility index (Phi) is 8.10. The van der Waals surface area contributed by atoms with Gasteiger partial charge in [0.05, 0.1) is 31.1 Å². The van der Waals surface area contributed by atoms with Gasteiger partial charge in [-0.1, -0.05) is 6.07 Å². The largest absolute Gasteiger partial charge is 0.379 e. The second-order valence-corrected chi connectivity index (χ2v) is 9.33. The maximum atomic E-state index is 12.4. The first-order valence-corrected chi connectivity index (χ1v) is 12.2. The molecule has 0 radical (unpaired) electrons. The molecule has 4 rings (SSSR count). The second-order valence-electron chi connectivity index (χ2n) is 9.33. The zero-order valence-corrected chi connectivity index (χ0v) is 19.5. The van der Waals surface area contributed by atoms with Gasteiger partial charge in [0.2, 0.25) is 5.91 Å². The first-order valence-electron chi connectivity index (χ1n) is 12.2. The predicted molar refractivity (Wildman–Crippen MR) is 127 cm³/mol. The van der Waals surface area contributed by atoms with Crippen molar-refractivity contribution in [1.82, 2.24) is 20.5 Å². The van der Waals surface area contributed by atoms with E-state index >= 15 is 0 Å². The van der Waals surface area contributed by atoms with Crippen LogP contribution in [0, 0.1) is 12.8 Å². The first kappa shape index (κ1) is 23.4. The second kappa shape index (κ2) is 11.4. The number of amides is 1. The molecule has 2 aromatic heterocycles. The molecule has 0 unspecified atom stereocenters. The monoisotopic (exact) mass is 453 g/mol. The number of ether oxygens (including phenoxy) is 1. The number of anilines is 1. The van der Waals surface area contributed by atoms with E-state index in [1.165, 1.54) is 0 Å². The van der Waals surface area contributed by atoms with Crippen LogP contribution in [0.15, 0.2) is 35.4 Å². The molecule has 2 N–H and O–H groups in total.